The van der Waals surface area contributed by atoms with Gasteiger partial charge in [0.1, 0.15) is 5.75 Å². The second-order valence-corrected chi connectivity index (χ2v) is 5.24. The van der Waals surface area contributed by atoms with Gasteiger partial charge in [0, 0.05) is 22.8 Å². The van der Waals surface area contributed by atoms with Gasteiger partial charge in [0.25, 0.3) is 0 Å². The fourth-order valence-corrected chi connectivity index (χ4v) is 2.35. The highest BCUT2D eigenvalue weighted by molar-refractivity contribution is 6.03. The quantitative estimate of drug-likeness (QED) is 0.681. The van der Waals surface area contributed by atoms with Gasteiger partial charge < -0.3 is 15.7 Å². The molecule has 0 radical (unpaired) electrons. The molecule has 0 bridgehead atoms. The molecule has 3 N–H and O–H groups in total. The Hall–Kier alpha value is -3.15. The third kappa shape index (κ3) is 3.43. The number of hydrogen-bond acceptors (Lipinski definition) is 3. The number of halogens is 2. The van der Waals surface area contributed by atoms with Crippen LogP contribution in [-0.4, -0.2) is 17.6 Å². The minimum absolute atomic E-state index is 0.101. The lowest BCUT2D eigenvalue weighted by Crippen LogP contribution is -2.21. The largest absolute Gasteiger partial charge is 0.508 e. The van der Waals surface area contributed by atoms with E-state index in [1.54, 1.807) is 30.3 Å². The molecule has 0 heterocycles. The smallest absolute Gasteiger partial charge is 0.243 e. The second-order valence-electron chi connectivity index (χ2n) is 5.24. The maximum Gasteiger partial charge on any atom is 0.243 e. The average Bonchev–Trinajstić information content (AvgIpc) is 2.56. The van der Waals surface area contributed by atoms with Gasteiger partial charge in [-0.2, -0.15) is 0 Å². The van der Waals surface area contributed by atoms with Crippen molar-refractivity contribution in [2.24, 2.45) is 0 Å². The van der Waals surface area contributed by atoms with Crippen molar-refractivity contribution in [3.05, 3.63) is 66.2 Å². The van der Waals surface area contributed by atoms with E-state index in [0.29, 0.717) is 16.8 Å². The van der Waals surface area contributed by atoms with Gasteiger partial charge in [0.05, 0.1) is 6.54 Å². The van der Waals surface area contributed by atoms with Crippen LogP contribution in [0.2, 0.25) is 0 Å². The third-order valence-corrected chi connectivity index (χ3v) is 3.51. The Morgan fingerprint density at radius 2 is 1.83 bits per heavy atom. The molecule has 1 amide bonds. The van der Waals surface area contributed by atoms with Crippen LogP contribution in [0.15, 0.2) is 54.6 Å². The number of anilines is 2. The van der Waals surface area contributed by atoms with E-state index in [-0.39, 0.29) is 18.2 Å². The topological polar surface area (TPSA) is 61.4 Å². The van der Waals surface area contributed by atoms with E-state index in [9.17, 15) is 18.7 Å². The molecule has 0 aromatic heterocycles. The normalized spacial score (nSPS) is 10.6. The van der Waals surface area contributed by atoms with Crippen molar-refractivity contribution in [1.29, 1.82) is 0 Å². The highest BCUT2D eigenvalue weighted by atomic mass is 19.2. The van der Waals surface area contributed by atoms with Crippen molar-refractivity contribution < 1.29 is 18.7 Å². The summed E-state index contributed by atoms with van der Waals surface area (Å²) in [4.78, 5) is 12.1. The number of carbonyl (C=O) groups is 1. The molecule has 0 saturated heterocycles. The van der Waals surface area contributed by atoms with Gasteiger partial charge in [-0.05, 0) is 35.7 Å². The molecule has 24 heavy (non-hydrogen) atoms. The molecule has 0 fully saturated rings. The van der Waals surface area contributed by atoms with Gasteiger partial charge in [-0.1, -0.05) is 18.2 Å². The first-order valence-electron chi connectivity index (χ1n) is 7.23. The van der Waals surface area contributed by atoms with Gasteiger partial charge in [0.15, 0.2) is 11.6 Å². The minimum atomic E-state index is -0.982. The van der Waals surface area contributed by atoms with Crippen LogP contribution in [-0.2, 0) is 4.79 Å². The highest BCUT2D eigenvalue weighted by Crippen LogP contribution is 2.26. The fourth-order valence-electron chi connectivity index (χ4n) is 2.35. The van der Waals surface area contributed by atoms with Gasteiger partial charge in [0.2, 0.25) is 5.91 Å². The number of aromatic hydroxyl groups is 1. The Bertz CT molecular complexity index is 913. The minimum Gasteiger partial charge on any atom is -0.508 e. The summed E-state index contributed by atoms with van der Waals surface area (Å²) in [6, 6.07) is 13.6. The standard InChI is InChI=1S/C18H14F2N2O2/c19-15-7-5-12(8-16(15)20)21-10-18(24)22-17-3-1-2-11-4-6-13(23)9-14(11)17/h1-9,21,23H,10H2,(H,22,24). The van der Waals surface area contributed by atoms with Gasteiger partial charge in [-0.25, -0.2) is 8.78 Å². The highest BCUT2D eigenvalue weighted by Gasteiger charge is 2.08. The predicted molar refractivity (Wildman–Crippen MR) is 89.1 cm³/mol. The summed E-state index contributed by atoms with van der Waals surface area (Å²) in [5, 5.41) is 16.6. The average molecular weight is 328 g/mol. The van der Waals surface area contributed by atoms with E-state index >= 15 is 0 Å². The molecule has 6 heteroatoms. The molecule has 122 valence electrons. The first-order valence-corrected chi connectivity index (χ1v) is 7.23. The second kappa shape index (κ2) is 6.54. The molecule has 3 rings (SSSR count). The zero-order chi connectivity index (χ0) is 17.1. The molecule has 0 atom stereocenters. The lowest BCUT2D eigenvalue weighted by molar-refractivity contribution is -0.114. The molecule has 3 aromatic carbocycles. The zero-order valence-electron chi connectivity index (χ0n) is 12.5. The molecule has 0 aliphatic heterocycles. The van der Waals surface area contributed by atoms with E-state index in [2.05, 4.69) is 10.6 Å². The number of rotatable bonds is 4. The molecule has 0 saturated carbocycles. The monoisotopic (exact) mass is 328 g/mol. The summed E-state index contributed by atoms with van der Waals surface area (Å²) in [5.74, 6) is -2.18. The third-order valence-electron chi connectivity index (χ3n) is 3.51. The number of hydrogen-bond donors (Lipinski definition) is 3. The first-order chi connectivity index (χ1) is 11.5. The molecule has 3 aromatic rings. The molecule has 4 nitrogen and oxygen atoms in total. The van der Waals surface area contributed by atoms with E-state index in [4.69, 9.17) is 0 Å². The van der Waals surface area contributed by atoms with Crippen LogP contribution in [0.25, 0.3) is 10.8 Å². The lowest BCUT2D eigenvalue weighted by atomic mass is 10.1. The van der Waals surface area contributed by atoms with Crippen molar-refractivity contribution in [1.82, 2.24) is 0 Å². The molecular weight excluding hydrogens is 314 g/mol. The van der Waals surface area contributed by atoms with Crippen molar-refractivity contribution in [2.45, 2.75) is 0 Å². The fraction of sp³-hybridized carbons (Fsp3) is 0.0556. The summed E-state index contributed by atoms with van der Waals surface area (Å²) in [5.41, 5.74) is 0.861. The van der Waals surface area contributed by atoms with Crippen LogP contribution in [0.4, 0.5) is 20.2 Å². The van der Waals surface area contributed by atoms with Crippen LogP contribution < -0.4 is 10.6 Å². The van der Waals surface area contributed by atoms with Crippen molar-refractivity contribution in [3.63, 3.8) is 0 Å². The molecule has 0 aliphatic carbocycles. The van der Waals surface area contributed by atoms with Crippen LogP contribution in [0.3, 0.4) is 0 Å². The van der Waals surface area contributed by atoms with E-state index < -0.39 is 11.6 Å². The Morgan fingerprint density at radius 1 is 1.00 bits per heavy atom. The number of fused-ring (bicyclic) bond motifs is 1. The van der Waals surface area contributed by atoms with Crippen molar-refractivity contribution >= 4 is 28.1 Å². The number of benzene rings is 3. The lowest BCUT2D eigenvalue weighted by Gasteiger charge is -2.10. The molecular formula is C18H14F2N2O2. The van der Waals surface area contributed by atoms with E-state index in [1.165, 1.54) is 6.07 Å². The summed E-state index contributed by atoms with van der Waals surface area (Å²) in [7, 11) is 0. The van der Waals surface area contributed by atoms with Gasteiger partial charge in [-0.3, -0.25) is 4.79 Å². The van der Waals surface area contributed by atoms with Crippen LogP contribution >= 0.6 is 0 Å². The summed E-state index contributed by atoms with van der Waals surface area (Å²) in [6.45, 7) is -0.111. The number of phenolic OH excluding ortho intramolecular Hbond substituents is 1. The van der Waals surface area contributed by atoms with Gasteiger partial charge >= 0.3 is 0 Å². The predicted octanol–water partition coefficient (Wildman–Crippen LogP) is 3.87. The SMILES string of the molecule is O=C(CNc1ccc(F)c(F)c1)Nc1cccc2ccc(O)cc12. The van der Waals surface area contributed by atoms with Crippen LogP contribution in [0, 0.1) is 11.6 Å². The Morgan fingerprint density at radius 3 is 2.62 bits per heavy atom. The Kier molecular flexibility index (Phi) is 4.29. The van der Waals surface area contributed by atoms with E-state index in [1.807, 2.05) is 6.07 Å². The first kappa shape index (κ1) is 15.7. The zero-order valence-corrected chi connectivity index (χ0v) is 12.5. The van der Waals surface area contributed by atoms with Gasteiger partial charge in [-0.15, -0.1) is 0 Å². The molecule has 0 aliphatic rings. The van der Waals surface area contributed by atoms with Crippen molar-refractivity contribution in [3.8, 4) is 5.75 Å². The summed E-state index contributed by atoms with van der Waals surface area (Å²) >= 11 is 0. The number of phenols is 1. The van der Waals surface area contributed by atoms with Crippen LogP contribution in [0.1, 0.15) is 0 Å². The summed E-state index contributed by atoms with van der Waals surface area (Å²) < 4.78 is 26.0. The summed E-state index contributed by atoms with van der Waals surface area (Å²) in [6.07, 6.45) is 0. The maximum absolute atomic E-state index is 13.1. The number of amides is 1. The van der Waals surface area contributed by atoms with E-state index in [0.717, 1.165) is 17.5 Å². The van der Waals surface area contributed by atoms with Crippen LogP contribution in [0.5, 0.6) is 5.75 Å². The maximum atomic E-state index is 13.1. The molecule has 0 spiro atoms. The number of carbonyl (C=O) groups excluding carboxylic acids is 1. The number of nitrogens with one attached hydrogen (secondary N) is 2. The Labute approximate surface area is 136 Å². The molecule has 0 unspecified atom stereocenters. The van der Waals surface area contributed by atoms with Crippen molar-refractivity contribution in [2.75, 3.05) is 17.2 Å². The Balaban J connectivity index is 1.71.